The van der Waals surface area contributed by atoms with Crippen molar-refractivity contribution in [1.82, 2.24) is 14.1 Å². The number of hydrogen-bond acceptors (Lipinski definition) is 4. The fourth-order valence-corrected chi connectivity index (χ4v) is 2.59. The zero-order chi connectivity index (χ0) is 12.5. The number of carboxylic acid groups (broad SMARTS) is 1. The summed E-state index contributed by atoms with van der Waals surface area (Å²) in [6, 6.07) is 0. The van der Waals surface area contributed by atoms with E-state index in [0.29, 0.717) is 5.69 Å². The molecule has 90 valence electrons. The van der Waals surface area contributed by atoms with Crippen LogP contribution in [-0.2, 0) is 21.9 Å². The number of aromatic nitrogens is 2. The van der Waals surface area contributed by atoms with Crippen molar-refractivity contribution in [1.29, 1.82) is 0 Å². The van der Waals surface area contributed by atoms with Gasteiger partial charge in [0.2, 0.25) is 10.0 Å². The molecule has 0 saturated carbocycles. The minimum absolute atomic E-state index is 0.0266. The third-order valence-electron chi connectivity index (χ3n) is 2.01. The first-order valence-electron chi connectivity index (χ1n) is 4.43. The Balaban J connectivity index is 3.11. The van der Waals surface area contributed by atoms with Crippen LogP contribution in [0.2, 0.25) is 0 Å². The lowest BCUT2D eigenvalue weighted by atomic mass is 10.5. The molecule has 7 nitrogen and oxygen atoms in total. The summed E-state index contributed by atoms with van der Waals surface area (Å²) in [6.07, 6.45) is 1.35. The van der Waals surface area contributed by atoms with Gasteiger partial charge in [-0.05, 0) is 6.92 Å². The Labute approximate surface area is 93.3 Å². The highest BCUT2D eigenvalue weighted by Crippen LogP contribution is 2.16. The standard InChI is InChI=1S/C8H13N3O4S/c1-6-7(4-10(2)9-6)16(14,15)11(3)5-8(12)13/h4H,5H2,1-3H3,(H,12,13). The average molecular weight is 247 g/mol. The van der Waals surface area contributed by atoms with Gasteiger partial charge in [-0.1, -0.05) is 0 Å². The van der Waals surface area contributed by atoms with Gasteiger partial charge in [0.25, 0.3) is 0 Å². The van der Waals surface area contributed by atoms with Gasteiger partial charge in [0.1, 0.15) is 11.4 Å². The molecule has 1 rings (SSSR count). The lowest BCUT2D eigenvalue weighted by molar-refractivity contribution is -0.137. The maximum Gasteiger partial charge on any atom is 0.318 e. The zero-order valence-electron chi connectivity index (χ0n) is 9.21. The maximum absolute atomic E-state index is 11.9. The van der Waals surface area contributed by atoms with E-state index in [1.165, 1.54) is 17.9 Å². The van der Waals surface area contributed by atoms with E-state index < -0.39 is 22.5 Å². The number of sulfonamides is 1. The lowest BCUT2D eigenvalue weighted by Gasteiger charge is -2.13. The van der Waals surface area contributed by atoms with Gasteiger partial charge in [-0.2, -0.15) is 9.40 Å². The topological polar surface area (TPSA) is 92.5 Å². The summed E-state index contributed by atoms with van der Waals surface area (Å²) < 4.78 is 26.0. The van der Waals surface area contributed by atoms with Crippen LogP contribution in [0.3, 0.4) is 0 Å². The molecule has 1 heterocycles. The van der Waals surface area contributed by atoms with E-state index in [9.17, 15) is 13.2 Å². The summed E-state index contributed by atoms with van der Waals surface area (Å²) in [4.78, 5) is 10.5. The molecule has 0 aliphatic rings. The van der Waals surface area contributed by atoms with Crippen molar-refractivity contribution in [2.45, 2.75) is 11.8 Å². The molecule has 1 aromatic rings. The predicted octanol–water partition coefficient (Wildman–Crippen LogP) is -0.566. The van der Waals surface area contributed by atoms with E-state index in [0.717, 1.165) is 4.31 Å². The van der Waals surface area contributed by atoms with Crippen LogP contribution in [0.4, 0.5) is 0 Å². The third-order valence-corrected chi connectivity index (χ3v) is 3.92. The molecule has 0 atom stereocenters. The van der Waals surface area contributed by atoms with Crippen molar-refractivity contribution in [2.24, 2.45) is 7.05 Å². The molecule has 0 aromatic carbocycles. The molecular weight excluding hydrogens is 234 g/mol. The molecule has 0 aliphatic carbocycles. The number of carboxylic acids is 1. The number of hydrogen-bond donors (Lipinski definition) is 1. The monoisotopic (exact) mass is 247 g/mol. The van der Waals surface area contributed by atoms with Gasteiger partial charge in [0.05, 0.1) is 5.69 Å². The minimum Gasteiger partial charge on any atom is -0.480 e. The number of likely N-dealkylation sites (N-methyl/N-ethyl adjacent to an activating group) is 1. The van der Waals surface area contributed by atoms with Crippen molar-refractivity contribution in [3.05, 3.63) is 11.9 Å². The van der Waals surface area contributed by atoms with E-state index >= 15 is 0 Å². The van der Waals surface area contributed by atoms with Gasteiger partial charge < -0.3 is 5.11 Å². The molecular formula is C8H13N3O4S. The summed E-state index contributed by atoms with van der Waals surface area (Å²) in [6.45, 7) is 0.984. The van der Waals surface area contributed by atoms with Crippen LogP contribution < -0.4 is 0 Å². The Kier molecular flexibility index (Phi) is 3.34. The second kappa shape index (κ2) is 4.22. The van der Waals surface area contributed by atoms with E-state index in [1.54, 1.807) is 14.0 Å². The van der Waals surface area contributed by atoms with Crippen LogP contribution in [0.5, 0.6) is 0 Å². The second-order valence-electron chi connectivity index (χ2n) is 3.41. The molecule has 8 heteroatoms. The number of aryl methyl sites for hydroxylation is 2. The number of rotatable bonds is 4. The van der Waals surface area contributed by atoms with Crippen LogP contribution in [-0.4, -0.2) is 47.2 Å². The van der Waals surface area contributed by atoms with Crippen LogP contribution in [0, 0.1) is 6.92 Å². The van der Waals surface area contributed by atoms with E-state index in [4.69, 9.17) is 5.11 Å². The molecule has 0 radical (unpaired) electrons. The Bertz CT molecular complexity index is 505. The normalized spacial score (nSPS) is 12.0. The highest BCUT2D eigenvalue weighted by molar-refractivity contribution is 7.89. The first-order chi connectivity index (χ1) is 7.25. The third kappa shape index (κ3) is 2.39. The molecule has 0 bridgehead atoms. The summed E-state index contributed by atoms with van der Waals surface area (Å²) in [7, 11) is -0.956. The fourth-order valence-electron chi connectivity index (χ4n) is 1.27. The highest BCUT2D eigenvalue weighted by atomic mass is 32.2. The summed E-state index contributed by atoms with van der Waals surface area (Å²) in [5.74, 6) is -1.20. The van der Waals surface area contributed by atoms with Gasteiger partial charge in [-0.25, -0.2) is 8.42 Å². The van der Waals surface area contributed by atoms with Crippen molar-refractivity contribution < 1.29 is 18.3 Å². The fraction of sp³-hybridized carbons (Fsp3) is 0.500. The van der Waals surface area contributed by atoms with Crippen molar-refractivity contribution >= 4 is 16.0 Å². The summed E-state index contributed by atoms with van der Waals surface area (Å²) in [5, 5.41) is 12.4. The van der Waals surface area contributed by atoms with Gasteiger partial charge in [-0.15, -0.1) is 0 Å². The van der Waals surface area contributed by atoms with Crippen molar-refractivity contribution in [2.75, 3.05) is 13.6 Å². The molecule has 0 saturated heterocycles. The Morgan fingerprint density at radius 3 is 2.56 bits per heavy atom. The zero-order valence-corrected chi connectivity index (χ0v) is 10.0. The summed E-state index contributed by atoms with van der Waals surface area (Å²) in [5.41, 5.74) is 0.347. The Morgan fingerprint density at radius 2 is 2.19 bits per heavy atom. The molecule has 1 N–H and O–H groups in total. The van der Waals surface area contributed by atoms with E-state index in [-0.39, 0.29) is 4.90 Å². The second-order valence-corrected chi connectivity index (χ2v) is 5.42. The molecule has 0 unspecified atom stereocenters. The van der Waals surface area contributed by atoms with E-state index in [1.807, 2.05) is 0 Å². The predicted molar refractivity (Wildman–Crippen MR) is 55.4 cm³/mol. The first-order valence-corrected chi connectivity index (χ1v) is 5.87. The molecule has 0 amide bonds. The smallest absolute Gasteiger partial charge is 0.318 e. The molecule has 16 heavy (non-hydrogen) atoms. The quantitative estimate of drug-likeness (QED) is 0.769. The molecule has 0 spiro atoms. The minimum atomic E-state index is -3.77. The van der Waals surface area contributed by atoms with Crippen molar-refractivity contribution in [3.63, 3.8) is 0 Å². The molecule has 0 aliphatic heterocycles. The van der Waals surface area contributed by atoms with E-state index in [2.05, 4.69) is 5.10 Å². The van der Waals surface area contributed by atoms with Crippen LogP contribution >= 0.6 is 0 Å². The van der Waals surface area contributed by atoms with Gasteiger partial charge >= 0.3 is 5.97 Å². The highest BCUT2D eigenvalue weighted by Gasteiger charge is 2.26. The summed E-state index contributed by atoms with van der Waals surface area (Å²) >= 11 is 0. The van der Waals surface area contributed by atoms with Crippen LogP contribution in [0.25, 0.3) is 0 Å². The number of aliphatic carboxylic acids is 1. The number of nitrogens with zero attached hydrogens (tertiary/aromatic N) is 3. The molecule has 0 fully saturated rings. The van der Waals surface area contributed by atoms with Gasteiger partial charge in [-0.3, -0.25) is 9.48 Å². The lowest BCUT2D eigenvalue weighted by Crippen LogP contribution is -2.32. The first kappa shape index (κ1) is 12.7. The Morgan fingerprint density at radius 1 is 1.62 bits per heavy atom. The van der Waals surface area contributed by atoms with Crippen LogP contribution in [0.1, 0.15) is 5.69 Å². The van der Waals surface area contributed by atoms with Gasteiger partial charge in [0, 0.05) is 20.3 Å². The molecule has 1 aromatic heterocycles. The number of carbonyl (C=O) groups is 1. The van der Waals surface area contributed by atoms with Crippen molar-refractivity contribution in [3.8, 4) is 0 Å². The maximum atomic E-state index is 11.9. The van der Waals surface area contributed by atoms with Crippen LogP contribution in [0.15, 0.2) is 11.1 Å². The average Bonchev–Trinajstić information content (AvgIpc) is 2.44. The SMILES string of the molecule is Cc1nn(C)cc1S(=O)(=O)N(C)CC(=O)O. The largest absolute Gasteiger partial charge is 0.480 e. The Hall–Kier alpha value is -1.41. The van der Waals surface area contributed by atoms with Gasteiger partial charge in [0.15, 0.2) is 0 Å².